The minimum absolute atomic E-state index is 0.0127. The number of carbonyl (C=O) groups is 2. The minimum atomic E-state index is -0.585. The standard InChI is InChI=1S/C33H36N4O7/c1-42-28-14-11-22(18-29(28)43-2)15-16-34-31(39)24-12-9-23(10-13-24)20-37-32(40)26-7-3-4-8-27(26)36(33(37)41)21-30(38)35-19-25-6-5-17-44-25/h3-4,7-14,18,25H,5-6,15-17,19-21H2,1-2H3,(H,34,39)(H,35,38)/t25-/m1/s1. The van der Waals surface area contributed by atoms with Gasteiger partial charge in [-0.2, -0.15) is 0 Å². The van der Waals surface area contributed by atoms with E-state index in [1.165, 1.54) is 4.57 Å². The highest BCUT2D eigenvalue weighted by atomic mass is 16.5. The first-order chi connectivity index (χ1) is 21.4. The van der Waals surface area contributed by atoms with Gasteiger partial charge in [0.15, 0.2) is 11.5 Å². The van der Waals surface area contributed by atoms with Gasteiger partial charge >= 0.3 is 5.69 Å². The van der Waals surface area contributed by atoms with Gasteiger partial charge in [-0.25, -0.2) is 4.79 Å². The van der Waals surface area contributed by atoms with Gasteiger partial charge in [-0.15, -0.1) is 0 Å². The summed E-state index contributed by atoms with van der Waals surface area (Å²) in [7, 11) is 3.15. The maximum absolute atomic E-state index is 13.5. The molecule has 0 unspecified atom stereocenters. The minimum Gasteiger partial charge on any atom is -0.493 e. The number of methoxy groups -OCH3 is 2. The van der Waals surface area contributed by atoms with Crippen molar-refractivity contribution in [1.29, 1.82) is 0 Å². The quantitative estimate of drug-likeness (QED) is 0.256. The van der Waals surface area contributed by atoms with E-state index in [0.717, 1.165) is 23.0 Å². The lowest BCUT2D eigenvalue weighted by Gasteiger charge is -2.15. The van der Waals surface area contributed by atoms with Gasteiger partial charge in [0.05, 0.1) is 37.8 Å². The molecule has 5 rings (SSSR count). The first-order valence-corrected chi connectivity index (χ1v) is 14.6. The lowest BCUT2D eigenvalue weighted by atomic mass is 10.1. The van der Waals surface area contributed by atoms with Crippen LogP contribution in [0.25, 0.3) is 10.9 Å². The molecule has 1 atom stereocenters. The summed E-state index contributed by atoms with van der Waals surface area (Å²) in [5, 5.41) is 6.09. The van der Waals surface area contributed by atoms with Crippen LogP contribution in [0.5, 0.6) is 11.5 Å². The van der Waals surface area contributed by atoms with Crippen LogP contribution in [0.15, 0.2) is 76.3 Å². The van der Waals surface area contributed by atoms with Crippen molar-refractivity contribution in [2.45, 2.75) is 38.5 Å². The zero-order valence-electron chi connectivity index (χ0n) is 24.8. The molecule has 1 aliphatic rings. The van der Waals surface area contributed by atoms with Crippen molar-refractivity contribution in [3.05, 3.63) is 104 Å². The van der Waals surface area contributed by atoms with E-state index in [0.29, 0.717) is 59.6 Å². The summed E-state index contributed by atoms with van der Waals surface area (Å²) in [6, 6.07) is 19.1. The number of hydrogen-bond donors (Lipinski definition) is 2. The molecule has 2 heterocycles. The molecule has 1 fully saturated rings. The third-order valence-corrected chi connectivity index (χ3v) is 7.69. The number of amides is 2. The highest BCUT2D eigenvalue weighted by molar-refractivity contribution is 5.94. The summed E-state index contributed by atoms with van der Waals surface area (Å²) in [6.07, 6.45) is 2.42. The van der Waals surface area contributed by atoms with E-state index in [2.05, 4.69) is 10.6 Å². The lowest BCUT2D eigenvalue weighted by Crippen LogP contribution is -2.43. The normalized spacial score (nSPS) is 14.4. The Bertz CT molecular complexity index is 1760. The fraction of sp³-hybridized carbons (Fsp3) is 0.333. The first-order valence-electron chi connectivity index (χ1n) is 14.6. The second kappa shape index (κ2) is 14.0. The van der Waals surface area contributed by atoms with Crippen LogP contribution < -0.4 is 31.4 Å². The lowest BCUT2D eigenvalue weighted by molar-refractivity contribution is -0.122. The predicted molar refractivity (Wildman–Crippen MR) is 166 cm³/mol. The van der Waals surface area contributed by atoms with Crippen LogP contribution in [-0.2, 0) is 29.0 Å². The zero-order valence-corrected chi connectivity index (χ0v) is 24.8. The van der Waals surface area contributed by atoms with Gasteiger partial charge in [0.2, 0.25) is 5.91 Å². The SMILES string of the molecule is COc1ccc(CCNC(=O)c2ccc(Cn3c(=O)c4ccccc4n(CC(=O)NC[C@H]4CCCO4)c3=O)cc2)cc1OC. The van der Waals surface area contributed by atoms with Crippen LogP contribution in [0.4, 0.5) is 0 Å². The van der Waals surface area contributed by atoms with Crippen molar-refractivity contribution >= 4 is 22.7 Å². The monoisotopic (exact) mass is 600 g/mol. The predicted octanol–water partition coefficient (Wildman–Crippen LogP) is 2.50. The Morgan fingerprint density at radius 2 is 1.66 bits per heavy atom. The number of benzene rings is 3. The largest absolute Gasteiger partial charge is 0.493 e. The Balaban J connectivity index is 1.26. The zero-order chi connectivity index (χ0) is 31.1. The molecule has 2 N–H and O–H groups in total. The Labute approximate surface area is 254 Å². The van der Waals surface area contributed by atoms with Gasteiger partial charge < -0.3 is 24.8 Å². The molecule has 11 nitrogen and oxygen atoms in total. The fourth-order valence-electron chi connectivity index (χ4n) is 5.30. The molecule has 0 radical (unpaired) electrons. The highest BCUT2D eigenvalue weighted by Gasteiger charge is 2.19. The van der Waals surface area contributed by atoms with Gasteiger partial charge in [0.25, 0.3) is 11.5 Å². The number of hydrogen-bond acceptors (Lipinski definition) is 7. The number of nitrogens with zero attached hydrogens (tertiary/aromatic N) is 2. The molecule has 44 heavy (non-hydrogen) atoms. The first kappa shape index (κ1) is 30.6. The van der Waals surface area contributed by atoms with Crippen LogP contribution in [0.1, 0.15) is 34.3 Å². The van der Waals surface area contributed by atoms with Crippen molar-refractivity contribution in [3.8, 4) is 11.5 Å². The number of aromatic nitrogens is 2. The molecule has 2 amide bonds. The van der Waals surface area contributed by atoms with E-state index in [4.69, 9.17) is 14.2 Å². The van der Waals surface area contributed by atoms with Gasteiger partial charge in [-0.1, -0.05) is 30.3 Å². The van der Waals surface area contributed by atoms with Crippen molar-refractivity contribution in [2.75, 3.05) is 33.9 Å². The average molecular weight is 601 g/mol. The Hall–Kier alpha value is -4.90. The van der Waals surface area contributed by atoms with E-state index in [9.17, 15) is 19.2 Å². The van der Waals surface area contributed by atoms with E-state index in [-0.39, 0.29) is 31.0 Å². The Morgan fingerprint density at radius 3 is 2.39 bits per heavy atom. The van der Waals surface area contributed by atoms with Gasteiger partial charge in [-0.05, 0) is 66.8 Å². The van der Waals surface area contributed by atoms with Gasteiger partial charge in [0.1, 0.15) is 6.54 Å². The molecule has 0 aliphatic carbocycles. The smallest absolute Gasteiger partial charge is 0.332 e. The van der Waals surface area contributed by atoms with Gasteiger partial charge in [0, 0.05) is 25.3 Å². The fourth-order valence-corrected chi connectivity index (χ4v) is 5.30. The maximum atomic E-state index is 13.5. The third-order valence-electron chi connectivity index (χ3n) is 7.69. The van der Waals surface area contributed by atoms with Crippen molar-refractivity contribution in [2.24, 2.45) is 0 Å². The molecule has 1 saturated heterocycles. The molecule has 0 spiro atoms. The van der Waals surface area contributed by atoms with Crippen LogP contribution in [0.3, 0.4) is 0 Å². The van der Waals surface area contributed by atoms with Crippen LogP contribution in [0, 0.1) is 0 Å². The molecule has 0 saturated carbocycles. The number of ether oxygens (including phenoxy) is 3. The molecule has 4 aromatic rings. The van der Waals surface area contributed by atoms with E-state index >= 15 is 0 Å². The van der Waals surface area contributed by atoms with E-state index < -0.39 is 11.2 Å². The summed E-state index contributed by atoms with van der Waals surface area (Å²) >= 11 is 0. The molecular weight excluding hydrogens is 564 g/mol. The summed E-state index contributed by atoms with van der Waals surface area (Å²) in [5.74, 6) is 0.693. The summed E-state index contributed by atoms with van der Waals surface area (Å²) in [4.78, 5) is 52.4. The Morgan fingerprint density at radius 1 is 0.909 bits per heavy atom. The third kappa shape index (κ3) is 7.00. The van der Waals surface area contributed by atoms with Crippen LogP contribution in [-0.4, -0.2) is 61.0 Å². The number of carbonyl (C=O) groups excluding carboxylic acids is 2. The average Bonchev–Trinajstić information content (AvgIpc) is 3.58. The number of rotatable bonds is 12. The number of fused-ring (bicyclic) bond motifs is 1. The van der Waals surface area contributed by atoms with E-state index in [1.54, 1.807) is 62.8 Å². The second-order valence-corrected chi connectivity index (χ2v) is 10.6. The molecule has 0 bridgehead atoms. The second-order valence-electron chi connectivity index (χ2n) is 10.6. The summed E-state index contributed by atoms with van der Waals surface area (Å²) in [5.41, 5.74) is 1.47. The van der Waals surface area contributed by atoms with Gasteiger partial charge in [-0.3, -0.25) is 23.5 Å². The highest BCUT2D eigenvalue weighted by Crippen LogP contribution is 2.27. The number of para-hydroxylation sites is 1. The van der Waals surface area contributed by atoms with E-state index in [1.807, 2.05) is 18.2 Å². The maximum Gasteiger partial charge on any atom is 0.332 e. The molecule has 11 heteroatoms. The van der Waals surface area contributed by atoms with Crippen molar-refractivity contribution in [1.82, 2.24) is 19.8 Å². The molecule has 3 aromatic carbocycles. The van der Waals surface area contributed by atoms with Crippen molar-refractivity contribution in [3.63, 3.8) is 0 Å². The number of nitrogens with one attached hydrogen (secondary N) is 2. The molecule has 1 aromatic heterocycles. The summed E-state index contributed by atoms with van der Waals surface area (Å²) in [6.45, 7) is 1.24. The van der Waals surface area contributed by atoms with Crippen molar-refractivity contribution < 1.29 is 23.8 Å². The van der Waals surface area contributed by atoms with Crippen LogP contribution >= 0.6 is 0 Å². The summed E-state index contributed by atoms with van der Waals surface area (Å²) < 4.78 is 18.6. The molecule has 1 aliphatic heterocycles. The Kier molecular flexibility index (Phi) is 9.75. The topological polar surface area (TPSA) is 130 Å². The molecule has 230 valence electrons. The molecular formula is C33H36N4O7. The van der Waals surface area contributed by atoms with Crippen LogP contribution in [0.2, 0.25) is 0 Å².